The van der Waals surface area contributed by atoms with Gasteiger partial charge in [0.25, 0.3) is 5.91 Å². The number of anilines is 2. The molecule has 0 saturated carbocycles. The predicted molar refractivity (Wildman–Crippen MR) is 119 cm³/mol. The number of nitrogens with one attached hydrogen (secondary N) is 2. The largest absolute Gasteiger partial charge is 0.497 e. The van der Waals surface area contributed by atoms with Gasteiger partial charge in [-0.1, -0.05) is 27.7 Å². The smallest absolute Gasteiger partial charge is 0.258 e. The zero-order valence-electron chi connectivity index (χ0n) is 17.8. The van der Waals surface area contributed by atoms with Gasteiger partial charge in [-0.15, -0.1) is 11.3 Å². The van der Waals surface area contributed by atoms with Crippen molar-refractivity contribution < 1.29 is 14.3 Å². The number of carbonyl (C=O) groups excluding carboxylic acids is 2. The van der Waals surface area contributed by atoms with Gasteiger partial charge in [-0.05, 0) is 60.4 Å². The fourth-order valence-electron chi connectivity index (χ4n) is 3.74. The van der Waals surface area contributed by atoms with Crippen LogP contribution in [-0.4, -0.2) is 18.9 Å². The third kappa shape index (κ3) is 4.81. The summed E-state index contributed by atoms with van der Waals surface area (Å²) in [6.07, 6.45) is 3.25. The van der Waals surface area contributed by atoms with Gasteiger partial charge in [0.05, 0.1) is 12.7 Å². The molecule has 1 aliphatic rings. The Morgan fingerprint density at radius 1 is 1.17 bits per heavy atom. The van der Waals surface area contributed by atoms with Crippen molar-refractivity contribution in [3.8, 4) is 5.75 Å². The highest BCUT2D eigenvalue weighted by molar-refractivity contribution is 7.17. The molecule has 5 nitrogen and oxygen atoms in total. The molecule has 0 unspecified atom stereocenters. The Morgan fingerprint density at radius 3 is 2.45 bits per heavy atom. The molecule has 1 heterocycles. The Labute approximate surface area is 176 Å². The Hall–Kier alpha value is -2.34. The first kappa shape index (κ1) is 21.4. The van der Waals surface area contributed by atoms with Crippen molar-refractivity contribution in [2.75, 3.05) is 17.7 Å². The molecule has 3 rings (SSSR count). The number of hydrogen-bond donors (Lipinski definition) is 2. The van der Waals surface area contributed by atoms with Gasteiger partial charge < -0.3 is 15.4 Å². The molecule has 1 aromatic heterocycles. The van der Waals surface area contributed by atoms with E-state index in [4.69, 9.17) is 4.74 Å². The average Bonchev–Trinajstić information content (AvgIpc) is 3.04. The van der Waals surface area contributed by atoms with Crippen molar-refractivity contribution in [2.24, 2.45) is 11.3 Å². The van der Waals surface area contributed by atoms with E-state index in [-0.39, 0.29) is 17.2 Å². The van der Waals surface area contributed by atoms with Gasteiger partial charge in [-0.25, -0.2) is 0 Å². The van der Waals surface area contributed by atoms with Crippen molar-refractivity contribution in [1.82, 2.24) is 0 Å². The van der Waals surface area contributed by atoms with E-state index < -0.39 is 0 Å². The molecule has 0 spiro atoms. The highest BCUT2D eigenvalue weighted by atomic mass is 32.1. The lowest BCUT2D eigenvalue weighted by Gasteiger charge is -2.33. The molecular formula is C23H30N2O3S. The molecule has 0 aliphatic heterocycles. The summed E-state index contributed by atoms with van der Waals surface area (Å²) in [6, 6.07) is 7.25. The van der Waals surface area contributed by atoms with E-state index in [2.05, 4.69) is 31.4 Å². The molecule has 0 bridgehead atoms. The number of fused-ring (bicyclic) bond motifs is 1. The highest BCUT2D eigenvalue weighted by Gasteiger charge is 2.34. The molecule has 2 aromatic rings. The molecule has 0 fully saturated rings. The van der Waals surface area contributed by atoms with Crippen LogP contribution in [0.5, 0.6) is 5.75 Å². The summed E-state index contributed by atoms with van der Waals surface area (Å²) < 4.78 is 5.17. The number of methoxy groups -OCH3 is 1. The Bertz CT molecular complexity index is 894. The van der Waals surface area contributed by atoms with Crippen LogP contribution in [0.25, 0.3) is 0 Å². The van der Waals surface area contributed by atoms with Crippen LogP contribution in [0.3, 0.4) is 0 Å². The second-order valence-electron chi connectivity index (χ2n) is 8.60. The lowest BCUT2D eigenvalue weighted by molar-refractivity contribution is -0.115. The van der Waals surface area contributed by atoms with Crippen LogP contribution >= 0.6 is 11.3 Å². The zero-order valence-corrected chi connectivity index (χ0v) is 18.7. The lowest BCUT2D eigenvalue weighted by Crippen LogP contribution is -2.27. The number of rotatable bonds is 5. The number of ether oxygens (including phenoxy) is 1. The maximum Gasteiger partial charge on any atom is 0.258 e. The Balaban J connectivity index is 1.92. The van der Waals surface area contributed by atoms with Gasteiger partial charge in [0, 0.05) is 17.0 Å². The van der Waals surface area contributed by atoms with Crippen LogP contribution in [-0.2, 0) is 17.6 Å². The summed E-state index contributed by atoms with van der Waals surface area (Å²) in [6.45, 7) is 8.63. The van der Waals surface area contributed by atoms with Crippen molar-refractivity contribution in [3.63, 3.8) is 0 Å². The molecule has 0 radical (unpaired) electrons. The minimum atomic E-state index is -0.173. The molecular weight excluding hydrogens is 384 g/mol. The van der Waals surface area contributed by atoms with E-state index in [1.54, 1.807) is 18.4 Å². The van der Waals surface area contributed by atoms with Crippen LogP contribution in [0.1, 0.15) is 61.3 Å². The SMILES string of the molecule is CCC(=O)Nc1sc2c(c1C(=O)Nc1ccc(OC)cc1)CC[C@H](C(C)(C)C)C2. The van der Waals surface area contributed by atoms with Crippen LogP contribution < -0.4 is 15.4 Å². The Kier molecular flexibility index (Phi) is 6.32. The highest BCUT2D eigenvalue weighted by Crippen LogP contribution is 2.44. The molecule has 0 saturated heterocycles. The quantitative estimate of drug-likeness (QED) is 0.678. The van der Waals surface area contributed by atoms with Crippen molar-refractivity contribution in [3.05, 3.63) is 40.3 Å². The number of carbonyl (C=O) groups is 2. The second-order valence-corrected chi connectivity index (χ2v) is 9.70. The summed E-state index contributed by atoms with van der Waals surface area (Å²) in [5.74, 6) is 1.06. The van der Waals surface area contributed by atoms with E-state index >= 15 is 0 Å². The van der Waals surface area contributed by atoms with E-state index in [1.165, 1.54) is 4.88 Å². The molecule has 1 aromatic carbocycles. The van der Waals surface area contributed by atoms with Gasteiger partial charge in [-0.2, -0.15) is 0 Å². The molecule has 156 valence electrons. The van der Waals surface area contributed by atoms with E-state index in [0.717, 1.165) is 30.6 Å². The third-order valence-corrected chi connectivity index (χ3v) is 6.81. The first-order chi connectivity index (χ1) is 13.7. The molecule has 2 N–H and O–H groups in total. The van der Waals surface area contributed by atoms with Crippen molar-refractivity contribution >= 4 is 33.8 Å². The minimum Gasteiger partial charge on any atom is -0.497 e. The maximum absolute atomic E-state index is 13.2. The molecule has 29 heavy (non-hydrogen) atoms. The summed E-state index contributed by atoms with van der Waals surface area (Å²) in [5, 5.41) is 6.60. The van der Waals surface area contributed by atoms with Crippen LogP contribution in [0.15, 0.2) is 24.3 Å². The van der Waals surface area contributed by atoms with Gasteiger partial charge in [0.1, 0.15) is 10.8 Å². The fraction of sp³-hybridized carbons (Fsp3) is 0.478. The van der Waals surface area contributed by atoms with Crippen LogP contribution in [0.2, 0.25) is 0 Å². The first-order valence-electron chi connectivity index (χ1n) is 10.1. The summed E-state index contributed by atoms with van der Waals surface area (Å²) in [5.41, 5.74) is 2.63. The first-order valence-corrected chi connectivity index (χ1v) is 10.9. The summed E-state index contributed by atoms with van der Waals surface area (Å²) in [7, 11) is 1.61. The van der Waals surface area contributed by atoms with Gasteiger partial charge in [-0.3, -0.25) is 9.59 Å². The second kappa shape index (κ2) is 8.57. The monoisotopic (exact) mass is 414 g/mol. The average molecular weight is 415 g/mol. The van der Waals surface area contributed by atoms with Gasteiger partial charge in [0.15, 0.2) is 0 Å². The van der Waals surface area contributed by atoms with E-state index in [1.807, 2.05) is 31.2 Å². The van der Waals surface area contributed by atoms with Crippen molar-refractivity contribution in [1.29, 1.82) is 0 Å². The lowest BCUT2D eigenvalue weighted by atomic mass is 9.72. The van der Waals surface area contributed by atoms with E-state index in [0.29, 0.717) is 28.6 Å². The zero-order chi connectivity index (χ0) is 21.2. The van der Waals surface area contributed by atoms with Crippen molar-refractivity contribution in [2.45, 2.75) is 53.4 Å². The summed E-state index contributed by atoms with van der Waals surface area (Å²) in [4.78, 5) is 26.5. The summed E-state index contributed by atoms with van der Waals surface area (Å²) >= 11 is 1.56. The Morgan fingerprint density at radius 2 is 1.86 bits per heavy atom. The van der Waals surface area contributed by atoms with Gasteiger partial charge in [0.2, 0.25) is 5.91 Å². The predicted octanol–water partition coefficient (Wildman–Crippen LogP) is 5.51. The molecule has 2 amide bonds. The minimum absolute atomic E-state index is 0.0746. The number of benzene rings is 1. The normalized spacial score (nSPS) is 16.1. The maximum atomic E-state index is 13.2. The van der Waals surface area contributed by atoms with Crippen LogP contribution in [0, 0.1) is 11.3 Å². The topological polar surface area (TPSA) is 67.4 Å². The molecule has 1 aliphatic carbocycles. The molecule has 6 heteroatoms. The van der Waals surface area contributed by atoms with Crippen LogP contribution in [0.4, 0.5) is 10.7 Å². The standard InChI is InChI=1S/C23H30N2O3S/c1-6-19(26)25-22-20(21(27)24-15-8-10-16(28-5)11-9-15)17-12-7-14(23(2,3)4)13-18(17)29-22/h8-11,14H,6-7,12-13H2,1-5H3,(H,24,27)(H,25,26)/t14-/m0/s1. The van der Waals surface area contributed by atoms with E-state index in [9.17, 15) is 9.59 Å². The third-order valence-electron chi connectivity index (χ3n) is 5.64. The fourth-order valence-corrected chi connectivity index (χ4v) is 5.08. The van der Waals surface area contributed by atoms with Gasteiger partial charge >= 0.3 is 0 Å². The number of amides is 2. The number of hydrogen-bond acceptors (Lipinski definition) is 4. The molecule has 1 atom stereocenters. The number of thiophene rings is 1.